The molecule has 2 heterocycles. The van der Waals surface area contributed by atoms with Crippen LogP contribution in [0.5, 0.6) is 0 Å². The van der Waals surface area contributed by atoms with E-state index < -0.39 is 0 Å². The number of Topliss-reactive ketones (excluding diaryl/α,β-unsaturated/α-hetero) is 1. The van der Waals surface area contributed by atoms with Gasteiger partial charge >= 0.3 is 0 Å². The van der Waals surface area contributed by atoms with Crippen LogP contribution >= 0.6 is 11.8 Å². The number of ketones is 1. The zero-order valence-electron chi connectivity index (χ0n) is 8.81. The van der Waals surface area contributed by atoms with Gasteiger partial charge in [-0.15, -0.1) is 0 Å². The Balaban J connectivity index is 2.02. The van der Waals surface area contributed by atoms with Crippen molar-refractivity contribution in [1.82, 2.24) is 0 Å². The van der Waals surface area contributed by atoms with Gasteiger partial charge in [-0.3, -0.25) is 4.79 Å². The molecule has 0 radical (unpaired) electrons. The van der Waals surface area contributed by atoms with Crippen LogP contribution in [0.1, 0.15) is 23.2 Å². The van der Waals surface area contributed by atoms with Crippen LogP contribution < -0.4 is 0 Å². The molecule has 0 saturated carbocycles. The van der Waals surface area contributed by atoms with E-state index in [2.05, 4.69) is 0 Å². The molecule has 16 heavy (non-hydrogen) atoms. The minimum absolute atomic E-state index is 0.140. The van der Waals surface area contributed by atoms with Crippen molar-refractivity contribution >= 4 is 28.5 Å². The Hall–Kier alpha value is -1.22. The van der Waals surface area contributed by atoms with Crippen LogP contribution in [0, 0.1) is 0 Å². The van der Waals surface area contributed by atoms with Crippen LogP contribution in [-0.4, -0.2) is 16.8 Å². The van der Waals surface area contributed by atoms with E-state index in [0.29, 0.717) is 0 Å². The second kappa shape index (κ2) is 3.98. The lowest BCUT2D eigenvalue weighted by atomic mass is 10.0. The topological polar surface area (TPSA) is 30.2 Å². The minimum atomic E-state index is 0.140. The summed E-state index contributed by atoms with van der Waals surface area (Å²) in [5.74, 6) is 1.33. The fourth-order valence-corrected chi connectivity index (χ4v) is 3.36. The summed E-state index contributed by atoms with van der Waals surface area (Å²) in [4.78, 5) is 12.2. The maximum absolute atomic E-state index is 12.2. The fourth-order valence-electron chi connectivity index (χ4n) is 2.13. The van der Waals surface area contributed by atoms with Gasteiger partial charge in [-0.25, -0.2) is 0 Å². The van der Waals surface area contributed by atoms with E-state index in [0.717, 1.165) is 35.1 Å². The lowest BCUT2D eigenvalue weighted by Crippen LogP contribution is -2.13. The first-order valence-electron chi connectivity index (χ1n) is 5.48. The summed E-state index contributed by atoms with van der Waals surface area (Å²) in [6, 6.07) is 7.71. The van der Waals surface area contributed by atoms with Crippen molar-refractivity contribution in [2.45, 2.75) is 18.1 Å². The van der Waals surface area contributed by atoms with Crippen LogP contribution in [0.25, 0.3) is 11.0 Å². The molecular formula is C13H12O2S. The zero-order valence-corrected chi connectivity index (χ0v) is 9.63. The number of para-hydroxylation sites is 1. The molecule has 3 heteroatoms. The lowest BCUT2D eigenvalue weighted by Gasteiger charge is -2.04. The maximum Gasteiger partial charge on any atom is 0.179 e. The smallest absolute Gasteiger partial charge is 0.179 e. The van der Waals surface area contributed by atoms with Crippen molar-refractivity contribution in [2.75, 3.05) is 5.75 Å². The largest absolute Gasteiger partial charge is 0.464 e. The molecule has 0 N–H and O–H groups in total. The predicted octanol–water partition coefficient (Wildman–Crippen LogP) is 3.51. The Morgan fingerprint density at radius 3 is 3.06 bits per heavy atom. The normalized spacial score (nSPS) is 20.4. The van der Waals surface area contributed by atoms with Gasteiger partial charge in [0.05, 0.1) is 10.8 Å². The number of fused-ring (bicyclic) bond motifs is 1. The van der Waals surface area contributed by atoms with Gasteiger partial charge in [0.1, 0.15) is 11.8 Å². The van der Waals surface area contributed by atoms with Crippen molar-refractivity contribution in [1.29, 1.82) is 0 Å². The average Bonchev–Trinajstić information content (AvgIpc) is 2.98. The van der Waals surface area contributed by atoms with Crippen molar-refractivity contribution in [3.63, 3.8) is 0 Å². The van der Waals surface area contributed by atoms with Crippen LogP contribution in [0.15, 0.2) is 34.9 Å². The molecule has 1 aromatic carbocycles. The maximum atomic E-state index is 12.2. The van der Waals surface area contributed by atoms with Gasteiger partial charge in [-0.2, -0.15) is 11.8 Å². The van der Waals surface area contributed by atoms with Crippen LogP contribution in [0.3, 0.4) is 0 Å². The Kier molecular flexibility index (Phi) is 2.48. The molecule has 3 rings (SSSR count). The van der Waals surface area contributed by atoms with E-state index in [4.69, 9.17) is 4.42 Å². The summed E-state index contributed by atoms with van der Waals surface area (Å²) in [6.07, 6.45) is 3.76. The quantitative estimate of drug-likeness (QED) is 0.742. The van der Waals surface area contributed by atoms with Crippen LogP contribution in [0.2, 0.25) is 0 Å². The first-order valence-corrected chi connectivity index (χ1v) is 6.53. The first-order chi connectivity index (χ1) is 7.86. The van der Waals surface area contributed by atoms with Crippen LogP contribution in [0.4, 0.5) is 0 Å². The average molecular weight is 232 g/mol. The molecule has 2 nitrogen and oxygen atoms in total. The summed E-state index contributed by atoms with van der Waals surface area (Å²) in [7, 11) is 0. The molecule has 1 aliphatic rings. The molecule has 1 unspecified atom stereocenters. The molecule has 1 aliphatic heterocycles. The summed E-state index contributed by atoms with van der Waals surface area (Å²) < 4.78 is 5.40. The highest BCUT2D eigenvalue weighted by atomic mass is 32.2. The number of thioether (sulfide) groups is 1. The summed E-state index contributed by atoms with van der Waals surface area (Å²) in [5, 5.41) is 1.08. The third-order valence-electron chi connectivity index (χ3n) is 2.97. The SMILES string of the molecule is O=C(c1coc2ccccc12)C1CCCS1. The van der Waals surface area contributed by atoms with Gasteiger partial charge in [-0.1, -0.05) is 18.2 Å². The molecule has 82 valence electrons. The predicted molar refractivity (Wildman–Crippen MR) is 66.0 cm³/mol. The molecule has 1 aromatic heterocycles. The van der Waals surface area contributed by atoms with Crippen molar-refractivity contribution in [3.05, 3.63) is 36.1 Å². The van der Waals surface area contributed by atoms with Crippen molar-refractivity contribution in [3.8, 4) is 0 Å². The van der Waals surface area contributed by atoms with Crippen molar-refractivity contribution in [2.24, 2.45) is 0 Å². The van der Waals surface area contributed by atoms with Gasteiger partial charge in [0.25, 0.3) is 0 Å². The molecule has 0 aliphatic carbocycles. The van der Waals surface area contributed by atoms with Gasteiger partial charge in [0.2, 0.25) is 0 Å². The third-order valence-corrected chi connectivity index (χ3v) is 4.35. The highest BCUT2D eigenvalue weighted by Crippen LogP contribution is 2.31. The van der Waals surface area contributed by atoms with E-state index >= 15 is 0 Å². The van der Waals surface area contributed by atoms with E-state index in [1.807, 2.05) is 24.3 Å². The number of carbonyl (C=O) groups excluding carboxylic acids is 1. The van der Waals surface area contributed by atoms with E-state index in [1.165, 1.54) is 0 Å². The number of carbonyl (C=O) groups is 1. The Morgan fingerprint density at radius 1 is 1.38 bits per heavy atom. The second-order valence-electron chi connectivity index (χ2n) is 4.01. The van der Waals surface area contributed by atoms with Gasteiger partial charge in [-0.05, 0) is 24.7 Å². The van der Waals surface area contributed by atoms with E-state index in [-0.39, 0.29) is 11.0 Å². The lowest BCUT2D eigenvalue weighted by molar-refractivity contribution is 0.0989. The number of hydrogen-bond donors (Lipinski definition) is 0. The minimum Gasteiger partial charge on any atom is -0.464 e. The number of hydrogen-bond acceptors (Lipinski definition) is 3. The molecule has 1 saturated heterocycles. The van der Waals surface area contributed by atoms with Gasteiger partial charge < -0.3 is 4.42 Å². The monoisotopic (exact) mass is 232 g/mol. The summed E-state index contributed by atoms with van der Waals surface area (Å²) in [5.41, 5.74) is 1.55. The Bertz CT molecular complexity index is 523. The molecule has 1 atom stereocenters. The number of rotatable bonds is 2. The van der Waals surface area contributed by atoms with E-state index in [9.17, 15) is 4.79 Å². The molecule has 1 fully saturated rings. The van der Waals surface area contributed by atoms with Gasteiger partial charge in [0, 0.05) is 5.39 Å². The standard InChI is InChI=1S/C13H12O2S/c14-13(12-6-3-7-16-12)10-8-15-11-5-2-1-4-9(10)11/h1-2,4-5,8,12H,3,6-7H2. The molecule has 0 amide bonds. The summed E-state index contributed by atoms with van der Waals surface area (Å²) >= 11 is 1.77. The molecular weight excluding hydrogens is 220 g/mol. The Morgan fingerprint density at radius 2 is 2.25 bits per heavy atom. The first kappa shape index (κ1) is 9.97. The molecule has 0 spiro atoms. The highest BCUT2D eigenvalue weighted by molar-refractivity contribution is 8.00. The zero-order chi connectivity index (χ0) is 11.0. The molecule has 0 bridgehead atoms. The van der Waals surface area contributed by atoms with E-state index in [1.54, 1.807) is 18.0 Å². The number of furan rings is 1. The second-order valence-corrected chi connectivity index (χ2v) is 5.32. The fraction of sp³-hybridized carbons (Fsp3) is 0.308. The Labute approximate surface area is 98.0 Å². The summed E-state index contributed by atoms with van der Waals surface area (Å²) in [6.45, 7) is 0. The number of benzene rings is 1. The van der Waals surface area contributed by atoms with Crippen LogP contribution in [-0.2, 0) is 0 Å². The highest BCUT2D eigenvalue weighted by Gasteiger charge is 2.26. The third kappa shape index (κ3) is 1.55. The molecule has 2 aromatic rings. The van der Waals surface area contributed by atoms with Gasteiger partial charge in [0.15, 0.2) is 5.78 Å². The van der Waals surface area contributed by atoms with Crippen molar-refractivity contribution < 1.29 is 9.21 Å².